The highest BCUT2D eigenvalue weighted by atomic mass is 35.5. The van der Waals surface area contributed by atoms with Crippen LogP contribution in [0, 0.1) is 0 Å². The lowest BCUT2D eigenvalue weighted by atomic mass is 10.2. The Morgan fingerprint density at radius 2 is 2.06 bits per heavy atom. The molecule has 0 aromatic heterocycles. The predicted octanol–water partition coefficient (Wildman–Crippen LogP) is 2.69. The zero-order valence-corrected chi connectivity index (χ0v) is 9.91. The lowest BCUT2D eigenvalue weighted by molar-refractivity contribution is -0.115. The van der Waals surface area contributed by atoms with E-state index in [0.29, 0.717) is 16.4 Å². The molecule has 0 spiro atoms. The van der Waals surface area contributed by atoms with E-state index >= 15 is 0 Å². The molecule has 0 saturated heterocycles. The third-order valence-electron chi connectivity index (χ3n) is 1.79. The summed E-state index contributed by atoms with van der Waals surface area (Å²) in [5.74, 6) is -0.138. The summed E-state index contributed by atoms with van der Waals surface area (Å²) in [7, 11) is 1.45. The van der Waals surface area contributed by atoms with Crippen molar-refractivity contribution in [1.82, 2.24) is 0 Å². The van der Waals surface area contributed by atoms with Crippen LogP contribution in [0.5, 0.6) is 0 Å². The molecule has 0 aliphatic rings. The molecular formula is C11H13ClN2O2. The number of rotatable bonds is 4. The minimum Gasteiger partial charge on any atom is -0.399 e. The molecule has 0 heterocycles. The SMILES string of the molecule is CO/N=C(\C)CC(=O)Nc1ccc(Cl)cc1. The second-order valence-electron chi connectivity index (χ2n) is 3.24. The molecule has 1 aromatic carbocycles. The van der Waals surface area contributed by atoms with E-state index in [1.165, 1.54) is 7.11 Å². The summed E-state index contributed by atoms with van der Waals surface area (Å²) in [6.45, 7) is 1.73. The molecule has 4 nitrogen and oxygen atoms in total. The fraction of sp³-hybridized carbons (Fsp3) is 0.273. The van der Waals surface area contributed by atoms with Crippen LogP contribution in [0.15, 0.2) is 29.4 Å². The maximum Gasteiger partial charge on any atom is 0.230 e. The monoisotopic (exact) mass is 240 g/mol. The van der Waals surface area contributed by atoms with Crippen molar-refractivity contribution < 1.29 is 9.63 Å². The highest BCUT2D eigenvalue weighted by Gasteiger charge is 2.04. The third kappa shape index (κ3) is 4.31. The van der Waals surface area contributed by atoms with Crippen LogP contribution in [-0.4, -0.2) is 18.7 Å². The Morgan fingerprint density at radius 1 is 1.44 bits per heavy atom. The van der Waals surface area contributed by atoms with Crippen LogP contribution in [0.3, 0.4) is 0 Å². The predicted molar refractivity (Wildman–Crippen MR) is 64.8 cm³/mol. The number of hydrogen-bond donors (Lipinski definition) is 1. The molecule has 0 saturated carbocycles. The van der Waals surface area contributed by atoms with Gasteiger partial charge in [-0.25, -0.2) is 0 Å². The summed E-state index contributed by atoms with van der Waals surface area (Å²) >= 11 is 5.73. The molecule has 5 heteroatoms. The minimum absolute atomic E-state index is 0.138. The molecule has 86 valence electrons. The Balaban J connectivity index is 2.52. The number of carbonyl (C=O) groups is 1. The van der Waals surface area contributed by atoms with E-state index in [4.69, 9.17) is 11.6 Å². The van der Waals surface area contributed by atoms with E-state index in [2.05, 4.69) is 15.3 Å². The number of benzene rings is 1. The first-order valence-electron chi connectivity index (χ1n) is 4.74. The summed E-state index contributed by atoms with van der Waals surface area (Å²) in [5, 5.41) is 7.01. The lowest BCUT2D eigenvalue weighted by Gasteiger charge is -2.04. The zero-order chi connectivity index (χ0) is 12.0. The Hall–Kier alpha value is -1.55. The van der Waals surface area contributed by atoms with Crippen LogP contribution in [0.25, 0.3) is 0 Å². The molecule has 0 radical (unpaired) electrons. The van der Waals surface area contributed by atoms with Crippen LogP contribution in [0.4, 0.5) is 5.69 Å². The van der Waals surface area contributed by atoms with Crippen molar-refractivity contribution in [3.8, 4) is 0 Å². The fourth-order valence-corrected chi connectivity index (χ4v) is 1.28. The van der Waals surface area contributed by atoms with Gasteiger partial charge in [0.05, 0.1) is 12.1 Å². The Bertz CT molecular complexity index is 387. The quantitative estimate of drug-likeness (QED) is 0.650. The van der Waals surface area contributed by atoms with E-state index in [-0.39, 0.29) is 12.3 Å². The van der Waals surface area contributed by atoms with Gasteiger partial charge in [-0.1, -0.05) is 16.8 Å². The first kappa shape index (κ1) is 12.5. The first-order chi connectivity index (χ1) is 7.61. The van der Waals surface area contributed by atoms with Gasteiger partial charge in [-0.05, 0) is 31.2 Å². The zero-order valence-electron chi connectivity index (χ0n) is 9.16. The van der Waals surface area contributed by atoms with E-state index < -0.39 is 0 Å². The molecule has 0 fully saturated rings. The van der Waals surface area contributed by atoms with Crippen molar-refractivity contribution in [3.63, 3.8) is 0 Å². The Morgan fingerprint density at radius 3 is 2.62 bits per heavy atom. The van der Waals surface area contributed by atoms with Gasteiger partial charge in [0.25, 0.3) is 0 Å². The van der Waals surface area contributed by atoms with E-state index in [9.17, 15) is 4.79 Å². The Kier molecular flexibility index (Phi) is 4.79. The van der Waals surface area contributed by atoms with Crippen LogP contribution < -0.4 is 5.32 Å². The average Bonchev–Trinajstić information content (AvgIpc) is 2.21. The molecule has 0 aliphatic heterocycles. The number of anilines is 1. The van der Waals surface area contributed by atoms with E-state index in [1.807, 2.05) is 0 Å². The van der Waals surface area contributed by atoms with Gasteiger partial charge in [0, 0.05) is 10.7 Å². The molecule has 0 atom stereocenters. The highest BCUT2D eigenvalue weighted by Crippen LogP contribution is 2.13. The topological polar surface area (TPSA) is 50.7 Å². The summed E-state index contributed by atoms with van der Waals surface area (Å²) in [6.07, 6.45) is 0.205. The van der Waals surface area contributed by atoms with Crippen molar-refractivity contribution in [2.24, 2.45) is 5.16 Å². The van der Waals surface area contributed by atoms with Crippen molar-refractivity contribution in [2.45, 2.75) is 13.3 Å². The molecule has 1 amide bonds. The Labute approximate surface area is 99.2 Å². The van der Waals surface area contributed by atoms with E-state index in [0.717, 1.165) is 0 Å². The number of halogens is 1. The highest BCUT2D eigenvalue weighted by molar-refractivity contribution is 6.30. The summed E-state index contributed by atoms with van der Waals surface area (Å²) in [6, 6.07) is 6.91. The number of nitrogens with zero attached hydrogens (tertiary/aromatic N) is 1. The van der Waals surface area contributed by atoms with Crippen LogP contribution in [0.1, 0.15) is 13.3 Å². The van der Waals surface area contributed by atoms with Gasteiger partial charge < -0.3 is 10.2 Å². The van der Waals surface area contributed by atoms with Crippen molar-refractivity contribution in [3.05, 3.63) is 29.3 Å². The number of amides is 1. The van der Waals surface area contributed by atoms with Crippen LogP contribution in [0.2, 0.25) is 5.02 Å². The summed E-state index contributed by atoms with van der Waals surface area (Å²) in [5.41, 5.74) is 1.33. The number of oxime groups is 1. The molecule has 0 bridgehead atoms. The molecule has 1 rings (SSSR count). The lowest BCUT2D eigenvalue weighted by Crippen LogP contribution is -2.14. The molecule has 0 unspecified atom stereocenters. The maximum absolute atomic E-state index is 11.5. The number of nitrogens with one attached hydrogen (secondary N) is 1. The number of hydrogen-bond acceptors (Lipinski definition) is 3. The van der Waals surface area contributed by atoms with Gasteiger partial charge in [0.2, 0.25) is 5.91 Å². The van der Waals surface area contributed by atoms with Crippen molar-refractivity contribution >= 4 is 28.9 Å². The maximum atomic E-state index is 11.5. The molecule has 0 aliphatic carbocycles. The van der Waals surface area contributed by atoms with Gasteiger partial charge in [0.1, 0.15) is 7.11 Å². The molecule has 1 aromatic rings. The largest absolute Gasteiger partial charge is 0.399 e. The van der Waals surface area contributed by atoms with Gasteiger partial charge >= 0.3 is 0 Å². The van der Waals surface area contributed by atoms with Gasteiger partial charge in [-0.2, -0.15) is 0 Å². The third-order valence-corrected chi connectivity index (χ3v) is 2.04. The van der Waals surface area contributed by atoms with Gasteiger partial charge in [0.15, 0.2) is 0 Å². The smallest absolute Gasteiger partial charge is 0.230 e. The minimum atomic E-state index is -0.138. The second-order valence-corrected chi connectivity index (χ2v) is 3.68. The van der Waals surface area contributed by atoms with Gasteiger partial charge in [-0.15, -0.1) is 0 Å². The molecular weight excluding hydrogens is 228 g/mol. The van der Waals surface area contributed by atoms with Crippen LogP contribution >= 0.6 is 11.6 Å². The number of carbonyl (C=O) groups excluding carboxylic acids is 1. The van der Waals surface area contributed by atoms with Crippen molar-refractivity contribution in [1.29, 1.82) is 0 Å². The van der Waals surface area contributed by atoms with E-state index in [1.54, 1.807) is 31.2 Å². The fourth-order valence-electron chi connectivity index (χ4n) is 1.16. The first-order valence-corrected chi connectivity index (χ1v) is 5.11. The second kappa shape index (κ2) is 6.12. The van der Waals surface area contributed by atoms with Crippen molar-refractivity contribution in [2.75, 3.05) is 12.4 Å². The summed E-state index contributed by atoms with van der Waals surface area (Å²) in [4.78, 5) is 16.1. The molecule has 1 N–H and O–H groups in total. The van der Waals surface area contributed by atoms with Crippen LogP contribution in [-0.2, 0) is 9.63 Å². The standard InChI is InChI=1S/C11H13ClN2O2/c1-8(14-16-2)7-11(15)13-10-5-3-9(12)4-6-10/h3-6H,7H2,1-2H3,(H,13,15)/b14-8+. The average molecular weight is 241 g/mol. The molecule has 16 heavy (non-hydrogen) atoms. The van der Waals surface area contributed by atoms with Gasteiger partial charge in [-0.3, -0.25) is 4.79 Å². The summed E-state index contributed by atoms with van der Waals surface area (Å²) < 4.78 is 0. The normalized spacial score (nSPS) is 11.1.